The maximum absolute atomic E-state index is 13.0. The Bertz CT molecular complexity index is 1070. The summed E-state index contributed by atoms with van der Waals surface area (Å²) in [6, 6.07) is 22.6. The van der Waals surface area contributed by atoms with Crippen LogP contribution in [0.3, 0.4) is 0 Å². The summed E-state index contributed by atoms with van der Waals surface area (Å²) in [5.41, 5.74) is 5.03. The topological polar surface area (TPSA) is 38.3 Å². The lowest BCUT2D eigenvalue weighted by Gasteiger charge is -2.38. The summed E-state index contributed by atoms with van der Waals surface area (Å²) in [5, 5.41) is 3.22. The lowest BCUT2D eigenvalue weighted by atomic mass is 9.89. The SMILES string of the molecule is Cc1ccc(SCc2ccc(C(=O)N[C@H]3CC(C)(C)Oc4cc(C)ccc43)cc2)cc1. The van der Waals surface area contributed by atoms with E-state index < -0.39 is 0 Å². The van der Waals surface area contributed by atoms with Crippen molar-refractivity contribution >= 4 is 17.7 Å². The van der Waals surface area contributed by atoms with Gasteiger partial charge in [0.05, 0.1) is 6.04 Å². The number of fused-ring (bicyclic) bond motifs is 1. The highest BCUT2D eigenvalue weighted by molar-refractivity contribution is 7.98. The molecule has 0 aromatic heterocycles. The minimum atomic E-state index is -0.324. The first kappa shape index (κ1) is 21.5. The summed E-state index contributed by atoms with van der Waals surface area (Å²) < 4.78 is 6.15. The molecule has 1 atom stereocenters. The normalized spacial score (nSPS) is 16.8. The van der Waals surface area contributed by atoms with Gasteiger partial charge in [-0.25, -0.2) is 0 Å². The molecule has 1 amide bonds. The van der Waals surface area contributed by atoms with Gasteiger partial charge in [-0.2, -0.15) is 0 Å². The zero-order valence-electron chi connectivity index (χ0n) is 18.6. The van der Waals surface area contributed by atoms with Crippen LogP contribution in [-0.4, -0.2) is 11.5 Å². The number of aryl methyl sites for hydroxylation is 2. The average Bonchev–Trinajstić information content (AvgIpc) is 2.72. The number of rotatable bonds is 5. The predicted molar refractivity (Wildman–Crippen MR) is 128 cm³/mol. The third-order valence-corrected chi connectivity index (χ3v) is 6.66. The predicted octanol–water partition coefficient (Wildman–Crippen LogP) is 6.63. The molecule has 1 aliphatic heterocycles. The molecule has 0 unspecified atom stereocenters. The van der Waals surface area contributed by atoms with E-state index in [1.54, 1.807) is 11.8 Å². The molecule has 3 aromatic carbocycles. The minimum Gasteiger partial charge on any atom is -0.487 e. The number of ether oxygens (including phenoxy) is 1. The first-order chi connectivity index (χ1) is 14.8. The highest BCUT2D eigenvalue weighted by atomic mass is 32.2. The summed E-state index contributed by atoms with van der Waals surface area (Å²) in [6.07, 6.45) is 0.736. The van der Waals surface area contributed by atoms with Gasteiger partial charge in [-0.3, -0.25) is 4.79 Å². The molecule has 0 fully saturated rings. The zero-order chi connectivity index (χ0) is 22.0. The van der Waals surface area contributed by atoms with Crippen LogP contribution < -0.4 is 10.1 Å². The zero-order valence-corrected chi connectivity index (χ0v) is 19.4. The molecular formula is C27H29NO2S. The van der Waals surface area contributed by atoms with Gasteiger partial charge in [-0.05, 0) is 69.2 Å². The number of nitrogens with one attached hydrogen (secondary N) is 1. The molecule has 4 heteroatoms. The van der Waals surface area contributed by atoms with E-state index in [-0.39, 0.29) is 17.6 Å². The molecule has 160 valence electrons. The molecule has 0 aliphatic carbocycles. The van der Waals surface area contributed by atoms with Crippen molar-refractivity contribution in [2.45, 2.75) is 56.4 Å². The fourth-order valence-corrected chi connectivity index (χ4v) is 4.74. The van der Waals surface area contributed by atoms with Gasteiger partial charge in [0, 0.05) is 28.2 Å². The Kier molecular flexibility index (Phi) is 6.10. The summed E-state index contributed by atoms with van der Waals surface area (Å²) >= 11 is 1.80. The molecule has 1 N–H and O–H groups in total. The number of benzene rings is 3. The lowest BCUT2D eigenvalue weighted by molar-refractivity contribution is 0.0619. The molecule has 0 bridgehead atoms. The fourth-order valence-electron chi connectivity index (χ4n) is 3.88. The molecule has 0 saturated heterocycles. The summed E-state index contributed by atoms with van der Waals surface area (Å²) in [7, 11) is 0. The van der Waals surface area contributed by atoms with Crippen LogP contribution in [0.5, 0.6) is 5.75 Å². The lowest BCUT2D eigenvalue weighted by Crippen LogP contribution is -2.41. The van der Waals surface area contributed by atoms with Gasteiger partial charge in [-0.1, -0.05) is 42.0 Å². The Morgan fingerprint density at radius 3 is 2.39 bits per heavy atom. The first-order valence-corrected chi connectivity index (χ1v) is 11.7. The number of carbonyl (C=O) groups excluding carboxylic acids is 1. The van der Waals surface area contributed by atoms with E-state index in [4.69, 9.17) is 4.74 Å². The van der Waals surface area contributed by atoms with E-state index in [1.807, 2.05) is 24.3 Å². The van der Waals surface area contributed by atoms with Gasteiger partial charge in [0.1, 0.15) is 11.4 Å². The van der Waals surface area contributed by atoms with Crippen LogP contribution in [0.1, 0.15) is 58.9 Å². The number of thioether (sulfide) groups is 1. The Balaban J connectivity index is 1.42. The second-order valence-corrected chi connectivity index (χ2v) is 9.98. The second-order valence-electron chi connectivity index (χ2n) is 8.93. The molecule has 3 aromatic rings. The van der Waals surface area contributed by atoms with Crippen molar-refractivity contribution in [1.82, 2.24) is 5.32 Å². The fraction of sp³-hybridized carbons (Fsp3) is 0.296. The summed E-state index contributed by atoms with van der Waals surface area (Å²) in [5.74, 6) is 1.70. The Labute approximate surface area is 189 Å². The molecule has 1 heterocycles. The van der Waals surface area contributed by atoms with Crippen molar-refractivity contribution < 1.29 is 9.53 Å². The third-order valence-electron chi connectivity index (χ3n) is 5.57. The van der Waals surface area contributed by atoms with E-state index in [0.717, 1.165) is 29.1 Å². The Morgan fingerprint density at radius 2 is 1.68 bits per heavy atom. The highest BCUT2D eigenvalue weighted by Crippen LogP contribution is 2.40. The van der Waals surface area contributed by atoms with Crippen LogP contribution in [0.15, 0.2) is 71.6 Å². The van der Waals surface area contributed by atoms with Gasteiger partial charge < -0.3 is 10.1 Å². The highest BCUT2D eigenvalue weighted by Gasteiger charge is 2.34. The van der Waals surface area contributed by atoms with Crippen molar-refractivity contribution in [3.63, 3.8) is 0 Å². The van der Waals surface area contributed by atoms with E-state index in [0.29, 0.717) is 5.56 Å². The van der Waals surface area contributed by atoms with Gasteiger partial charge in [0.2, 0.25) is 0 Å². The number of hydrogen-bond donors (Lipinski definition) is 1. The van der Waals surface area contributed by atoms with E-state index in [9.17, 15) is 4.79 Å². The summed E-state index contributed by atoms with van der Waals surface area (Å²) in [4.78, 5) is 14.2. The monoisotopic (exact) mass is 431 g/mol. The molecule has 1 aliphatic rings. The molecule has 0 spiro atoms. The molecular weight excluding hydrogens is 402 g/mol. The van der Waals surface area contributed by atoms with Crippen molar-refractivity contribution in [1.29, 1.82) is 0 Å². The van der Waals surface area contributed by atoms with Gasteiger partial charge in [-0.15, -0.1) is 11.8 Å². The van der Waals surface area contributed by atoms with Crippen LogP contribution in [0.25, 0.3) is 0 Å². The van der Waals surface area contributed by atoms with Crippen LogP contribution in [0.2, 0.25) is 0 Å². The first-order valence-electron chi connectivity index (χ1n) is 10.7. The van der Waals surface area contributed by atoms with Gasteiger partial charge in [0.25, 0.3) is 5.91 Å². The maximum Gasteiger partial charge on any atom is 0.251 e. The maximum atomic E-state index is 13.0. The molecule has 31 heavy (non-hydrogen) atoms. The molecule has 0 saturated carbocycles. The Hall–Kier alpha value is -2.72. The van der Waals surface area contributed by atoms with E-state index in [2.05, 4.69) is 75.5 Å². The average molecular weight is 432 g/mol. The van der Waals surface area contributed by atoms with Crippen molar-refractivity contribution in [3.05, 3.63) is 94.5 Å². The molecule has 3 nitrogen and oxygen atoms in total. The van der Waals surface area contributed by atoms with Crippen molar-refractivity contribution in [3.8, 4) is 5.75 Å². The quantitative estimate of drug-likeness (QED) is 0.461. The van der Waals surface area contributed by atoms with Crippen molar-refractivity contribution in [2.75, 3.05) is 0 Å². The van der Waals surface area contributed by atoms with Crippen LogP contribution in [-0.2, 0) is 5.75 Å². The van der Waals surface area contributed by atoms with E-state index in [1.165, 1.54) is 16.0 Å². The standard InChI is InChI=1S/C27H29NO2S/c1-18-5-12-22(13-6-18)31-17-20-8-10-21(11-9-20)26(29)28-24-16-27(3,4)30-25-15-19(2)7-14-23(24)25/h5-15,24H,16-17H2,1-4H3,(H,28,29)/t24-/m0/s1. The number of hydrogen-bond acceptors (Lipinski definition) is 3. The van der Waals surface area contributed by atoms with Crippen molar-refractivity contribution in [2.24, 2.45) is 0 Å². The summed E-state index contributed by atoms with van der Waals surface area (Å²) in [6.45, 7) is 8.28. The third kappa shape index (κ3) is 5.31. The number of amides is 1. The van der Waals surface area contributed by atoms with Crippen LogP contribution in [0, 0.1) is 13.8 Å². The largest absolute Gasteiger partial charge is 0.487 e. The van der Waals surface area contributed by atoms with E-state index >= 15 is 0 Å². The van der Waals surface area contributed by atoms with Crippen LogP contribution in [0.4, 0.5) is 0 Å². The second kappa shape index (κ2) is 8.80. The molecule has 0 radical (unpaired) electrons. The minimum absolute atomic E-state index is 0.0491. The van der Waals surface area contributed by atoms with Crippen LogP contribution >= 0.6 is 11.8 Å². The molecule has 4 rings (SSSR count). The Morgan fingerprint density at radius 1 is 1.00 bits per heavy atom. The number of carbonyl (C=O) groups is 1. The van der Waals surface area contributed by atoms with Gasteiger partial charge >= 0.3 is 0 Å². The van der Waals surface area contributed by atoms with Gasteiger partial charge in [0.15, 0.2) is 0 Å². The smallest absolute Gasteiger partial charge is 0.251 e.